The van der Waals surface area contributed by atoms with Crippen LogP contribution in [-0.4, -0.2) is 15.3 Å². The van der Waals surface area contributed by atoms with Gasteiger partial charge in [0.05, 0.1) is 11.1 Å². The van der Waals surface area contributed by atoms with Crippen LogP contribution in [0.4, 0.5) is 17.6 Å². The maximum atomic E-state index is 13.5. The van der Waals surface area contributed by atoms with Crippen molar-refractivity contribution in [1.29, 1.82) is 0 Å². The van der Waals surface area contributed by atoms with E-state index in [1.165, 1.54) is 0 Å². The molecule has 0 aliphatic carbocycles. The minimum Gasteiger partial charge on any atom is -0.505 e. The molecule has 0 saturated carbocycles. The number of phenolic OH excluding ortho intramolecular Hbond substituents is 1. The molecule has 22 heavy (non-hydrogen) atoms. The number of alkyl halides is 3. The number of aromatic hydroxyl groups is 1. The molecule has 0 fully saturated rings. The van der Waals surface area contributed by atoms with E-state index in [-0.39, 0.29) is 11.3 Å². The first-order chi connectivity index (χ1) is 10.3. The van der Waals surface area contributed by atoms with E-state index in [1.807, 2.05) is 0 Å². The summed E-state index contributed by atoms with van der Waals surface area (Å²) >= 11 is 3.27. The van der Waals surface area contributed by atoms with Gasteiger partial charge in [0.2, 0.25) is 0 Å². The molecule has 0 unspecified atom stereocenters. The minimum absolute atomic E-state index is 0.0280. The Bertz CT molecular complexity index is 873. The molecule has 2 aromatic carbocycles. The Balaban J connectivity index is 2.25. The molecule has 0 bridgehead atoms. The van der Waals surface area contributed by atoms with Gasteiger partial charge < -0.3 is 5.11 Å². The second-order valence-corrected chi connectivity index (χ2v) is 5.53. The van der Waals surface area contributed by atoms with E-state index in [9.17, 15) is 22.7 Å². The molecule has 3 rings (SSSR count). The highest BCUT2D eigenvalue weighted by Gasteiger charge is 2.36. The summed E-state index contributed by atoms with van der Waals surface area (Å²) in [5, 5.41) is 16.6. The number of aromatic amines is 1. The number of fused-ring (bicyclic) bond motifs is 1. The van der Waals surface area contributed by atoms with Gasteiger partial charge in [-0.2, -0.15) is 18.3 Å². The van der Waals surface area contributed by atoms with Crippen molar-refractivity contribution in [3.05, 3.63) is 46.2 Å². The van der Waals surface area contributed by atoms with E-state index in [2.05, 4.69) is 26.1 Å². The second-order valence-electron chi connectivity index (χ2n) is 4.62. The van der Waals surface area contributed by atoms with Crippen LogP contribution in [0, 0.1) is 5.82 Å². The lowest BCUT2D eigenvalue weighted by atomic mass is 10.0. The Morgan fingerprint density at radius 3 is 2.55 bits per heavy atom. The van der Waals surface area contributed by atoms with Crippen molar-refractivity contribution in [2.75, 3.05) is 0 Å². The van der Waals surface area contributed by atoms with Crippen LogP contribution in [0.25, 0.3) is 22.2 Å². The van der Waals surface area contributed by atoms with Crippen LogP contribution in [0.2, 0.25) is 0 Å². The van der Waals surface area contributed by atoms with Crippen LogP contribution in [-0.2, 0) is 6.18 Å². The monoisotopic (exact) mass is 374 g/mol. The summed E-state index contributed by atoms with van der Waals surface area (Å²) in [4.78, 5) is 0. The predicted molar refractivity (Wildman–Crippen MR) is 75.9 cm³/mol. The standard InChI is InChI=1S/C14H7BrF4N2O/c15-7-1-2-8-10(5-7)20-21-13(8)6-3-9(14(17,18)19)12(16)11(22)4-6/h1-5,22H,(H,20,21). The number of hydrogen-bond donors (Lipinski definition) is 2. The van der Waals surface area contributed by atoms with Crippen molar-refractivity contribution in [2.24, 2.45) is 0 Å². The largest absolute Gasteiger partial charge is 0.505 e. The summed E-state index contributed by atoms with van der Waals surface area (Å²) in [6.07, 6.45) is -4.91. The lowest BCUT2D eigenvalue weighted by Crippen LogP contribution is -2.08. The van der Waals surface area contributed by atoms with Crippen LogP contribution in [0.1, 0.15) is 5.56 Å². The van der Waals surface area contributed by atoms with E-state index in [4.69, 9.17) is 0 Å². The minimum atomic E-state index is -4.91. The molecule has 0 radical (unpaired) electrons. The fraction of sp³-hybridized carbons (Fsp3) is 0.0714. The smallest absolute Gasteiger partial charge is 0.419 e. The zero-order valence-corrected chi connectivity index (χ0v) is 12.3. The Morgan fingerprint density at radius 1 is 1.14 bits per heavy atom. The zero-order valence-electron chi connectivity index (χ0n) is 10.7. The molecule has 114 valence electrons. The van der Waals surface area contributed by atoms with Gasteiger partial charge in [0, 0.05) is 15.4 Å². The Morgan fingerprint density at radius 2 is 1.86 bits per heavy atom. The fourth-order valence-corrected chi connectivity index (χ4v) is 2.53. The lowest BCUT2D eigenvalue weighted by Gasteiger charge is -2.11. The molecule has 2 N–H and O–H groups in total. The maximum absolute atomic E-state index is 13.5. The van der Waals surface area contributed by atoms with Crippen LogP contribution >= 0.6 is 15.9 Å². The van der Waals surface area contributed by atoms with Gasteiger partial charge in [-0.25, -0.2) is 4.39 Å². The molecule has 0 spiro atoms. The topological polar surface area (TPSA) is 48.9 Å². The van der Waals surface area contributed by atoms with Crippen molar-refractivity contribution in [2.45, 2.75) is 6.18 Å². The summed E-state index contributed by atoms with van der Waals surface area (Å²) in [5.41, 5.74) is -0.763. The van der Waals surface area contributed by atoms with E-state index in [0.29, 0.717) is 17.0 Å². The highest BCUT2D eigenvalue weighted by atomic mass is 79.9. The summed E-state index contributed by atoms with van der Waals surface area (Å²) in [7, 11) is 0. The summed E-state index contributed by atoms with van der Waals surface area (Å²) in [6.45, 7) is 0. The molecule has 3 aromatic rings. The highest BCUT2D eigenvalue weighted by molar-refractivity contribution is 9.10. The van der Waals surface area contributed by atoms with Gasteiger partial charge in [0.25, 0.3) is 0 Å². The van der Waals surface area contributed by atoms with Crippen LogP contribution in [0.15, 0.2) is 34.8 Å². The normalized spacial score (nSPS) is 12.0. The Hall–Kier alpha value is -2.09. The first-order valence-corrected chi connectivity index (χ1v) is 6.80. The van der Waals surface area contributed by atoms with Crippen LogP contribution in [0.5, 0.6) is 5.75 Å². The molecule has 0 atom stereocenters. The molecular formula is C14H7BrF4N2O. The first-order valence-electron chi connectivity index (χ1n) is 6.01. The first kappa shape index (κ1) is 14.8. The van der Waals surface area contributed by atoms with Crippen LogP contribution in [0.3, 0.4) is 0 Å². The highest BCUT2D eigenvalue weighted by Crippen LogP contribution is 2.39. The van der Waals surface area contributed by atoms with Gasteiger partial charge in [-0.3, -0.25) is 5.10 Å². The lowest BCUT2D eigenvalue weighted by molar-refractivity contribution is -0.140. The molecule has 0 aliphatic rings. The molecular weight excluding hydrogens is 368 g/mol. The van der Waals surface area contributed by atoms with Gasteiger partial charge in [-0.1, -0.05) is 15.9 Å². The number of H-pyrrole nitrogens is 1. The SMILES string of the molecule is Oc1cc(-c2n[nH]c3cc(Br)ccc23)cc(C(F)(F)F)c1F. The number of benzene rings is 2. The average Bonchev–Trinajstić information content (AvgIpc) is 2.83. The number of phenols is 1. The maximum Gasteiger partial charge on any atom is 0.419 e. The molecule has 0 amide bonds. The van der Waals surface area contributed by atoms with Gasteiger partial charge in [-0.15, -0.1) is 0 Å². The number of halogens is 5. The third-order valence-corrected chi connectivity index (χ3v) is 3.65. The van der Waals surface area contributed by atoms with E-state index >= 15 is 0 Å². The van der Waals surface area contributed by atoms with Gasteiger partial charge in [-0.05, 0) is 30.3 Å². The van der Waals surface area contributed by atoms with Crippen molar-refractivity contribution in [1.82, 2.24) is 10.2 Å². The summed E-state index contributed by atoms with van der Waals surface area (Å²) in [6, 6.07) is 6.62. The van der Waals surface area contributed by atoms with Gasteiger partial charge >= 0.3 is 6.18 Å². The van der Waals surface area contributed by atoms with E-state index in [1.54, 1.807) is 18.2 Å². The predicted octanol–water partition coefficient (Wildman–Crippen LogP) is 4.86. The summed E-state index contributed by atoms with van der Waals surface area (Å²) < 4.78 is 52.7. The molecule has 8 heteroatoms. The van der Waals surface area contributed by atoms with E-state index in [0.717, 1.165) is 10.5 Å². The number of hydrogen-bond acceptors (Lipinski definition) is 2. The zero-order chi connectivity index (χ0) is 16.1. The molecule has 0 saturated heterocycles. The van der Waals surface area contributed by atoms with Crippen molar-refractivity contribution < 1.29 is 22.7 Å². The van der Waals surface area contributed by atoms with Crippen molar-refractivity contribution in [3.63, 3.8) is 0 Å². The summed E-state index contributed by atoms with van der Waals surface area (Å²) in [5.74, 6) is -2.77. The van der Waals surface area contributed by atoms with Crippen molar-refractivity contribution in [3.8, 4) is 17.0 Å². The molecule has 1 aromatic heterocycles. The number of nitrogens with zero attached hydrogens (tertiary/aromatic N) is 1. The average molecular weight is 375 g/mol. The van der Waals surface area contributed by atoms with Gasteiger partial charge in [0.15, 0.2) is 11.6 Å². The number of rotatable bonds is 1. The number of nitrogens with one attached hydrogen (secondary N) is 1. The van der Waals surface area contributed by atoms with Crippen LogP contribution < -0.4 is 0 Å². The Kier molecular flexibility index (Phi) is 3.36. The third-order valence-electron chi connectivity index (χ3n) is 3.16. The second kappa shape index (κ2) is 4.98. The fourth-order valence-electron chi connectivity index (χ4n) is 2.16. The Labute approximate surface area is 129 Å². The number of aromatic nitrogens is 2. The van der Waals surface area contributed by atoms with E-state index < -0.39 is 23.3 Å². The molecule has 3 nitrogen and oxygen atoms in total. The quantitative estimate of drug-likeness (QED) is 0.597. The molecule has 1 heterocycles. The van der Waals surface area contributed by atoms with Gasteiger partial charge in [0.1, 0.15) is 5.69 Å². The third kappa shape index (κ3) is 2.43. The van der Waals surface area contributed by atoms with Crippen molar-refractivity contribution >= 4 is 26.8 Å². The molecule has 0 aliphatic heterocycles.